The van der Waals surface area contributed by atoms with E-state index in [9.17, 15) is 4.79 Å². The van der Waals surface area contributed by atoms with Crippen LogP contribution in [0.5, 0.6) is 0 Å². The molecule has 3 atom stereocenters. The number of aryl methyl sites for hydroxylation is 1. The monoisotopic (exact) mass is 327 g/mol. The predicted molar refractivity (Wildman–Crippen MR) is 93.7 cm³/mol. The zero-order valence-corrected chi connectivity index (χ0v) is 14.4. The second kappa shape index (κ2) is 6.22. The van der Waals surface area contributed by atoms with Gasteiger partial charge in [-0.25, -0.2) is 0 Å². The summed E-state index contributed by atoms with van der Waals surface area (Å²) in [6.45, 7) is 2.00. The first-order chi connectivity index (χ1) is 11.7. The van der Waals surface area contributed by atoms with Gasteiger partial charge in [-0.1, -0.05) is 18.2 Å². The Bertz CT molecular complexity index is 754. The number of likely N-dealkylation sites (tertiary alicyclic amines) is 1. The Morgan fingerprint density at radius 2 is 2.12 bits per heavy atom. The van der Waals surface area contributed by atoms with Crippen molar-refractivity contribution in [2.24, 2.45) is 7.05 Å². The number of ether oxygens (including phenoxy) is 1. The molecule has 1 aromatic heterocycles. The number of para-hydroxylation sites is 1. The van der Waals surface area contributed by atoms with E-state index in [4.69, 9.17) is 4.74 Å². The second-order valence-corrected chi connectivity index (χ2v) is 6.96. The smallest absolute Gasteiger partial charge is 0.248 e. The summed E-state index contributed by atoms with van der Waals surface area (Å²) in [5.74, 6) is 0.0148. The van der Waals surface area contributed by atoms with Gasteiger partial charge in [-0.15, -0.1) is 0 Å². The maximum atomic E-state index is 11.8. The highest BCUT2D eigenvalue weighted by Crippen LogP contribution is 2.33. The quantitative estimate of drug-likeness (QED) is 0.938. The summed E-state index contributed by atoms with van der Waals surface area (Å²) in [6.07, 6.45) is 5.03. The summed E-state index contributed by atoms with van der Waals surface area (Å²) in [5, 5.41) is 4.04. The summed E-state index contributed by atoms with van der Waals surface area (Å²) in [4.78, 5) is 14.4. The van der Waals surface area contributed by atoms with Crippen LogP contribution in [0.3, 0.4) is 0 Å². The topological polar surface area (TPSA) is 46.5 Å². The fraction of sp³-hybridized carbons (Fsp3) is 0.526. The molecule has 4 rings (SSSR count). The molecule has 1 amide bonds. The number of hydrogen-bond donors (Lipinski definition) is 1. The van der Waals surface area contributed by atoms with E-state index in [1.165, 1.54) is 16.5 Å². The molecule has 5 nitrogen and oxygen atoms in total. The summed E-state index contributed by atoms with van der Waals surface area (Å²) in [6, 6.07) is 9.01. The van der Waals surface area contributed by atoms with E-state index in [1.807, 2.05) is 0 Å². The lowest BCUT2D eigenvalue weighted by molar-refractivity contribution is -0.143. The van der Waals surface area contributed by atoms with Crippen LogP contribution in [-0.4, -0.2) is 47.2 Å². The highest BCUT2D eigenvalue weighted by molar-refractivity contribution is 5.83. The van der Waals surface area contributed by atoms with E-state index in [1.54, 1.807) is 7.05 Å². The highest BCUT2D eigenvalue weighted by atomic mass is 16.5. The summed E-state index contributed by atoms with van der Waals surface area (Å²) in [5.41, 5.74) is 2.66. The van der Waals surface area contributed by atoms with E-state index in [2.05, 4.69) is 52.3 Å². The number of carbonyl (C=O) groups is 1. The summed E-state index contributed by atoms with van der Waals surface area (Å²) in [7, 11) is 3.79. The van der Waals surface area contributed by atoms with Crippen LogP contribution in [0.4, 0.5) is 0 Å². The Hall–Kier alpha value is -1.85. The molecule has 5 heteroatoms. The van der Waals surface area contributed by atoms with E-state index >= 15 is 0 Å². The van der Waals surface area contributed by atoms with Crippen molar-refractivity contribution in [2.45, 2.75) is 44.1 Å². The number of likely N-dealkylation sites (N-methyl/N-ethyl adjacent to an activating group) is 1. The van der Waals surface area contributed by atoms with Crippen molar-refractivity contribution < 1.29 is 9.53 Å². The largest absolute Gasteiger partial charge is 0.363 e. The predicted octanol–water partition coefficient (Wildman–Crippen LogP) is 2.05. The van der Waals surface area contributed by atoms with Crippen molar-refractivity contribution in [3.63, 3.8) is 0 Å². The van der Waals surface area contributed by atoms with Gasteiger partial charge >= 0.3 is 0 Å². The SMILES string of the molecule is CNC(=O)[C@H]1CC[C@H]2[C@H](CCN2Cc2cn(C)c3ccccc23)O1. The first kappa shape index (κ1) is 15.7. The highest BCUT2D eigenvalue weighted by Gasteiger charge is 2.41. The van der Waals surface area contributed by atoms with E-state index in [-0.39, 0.29) is 18.1 Å². The number of benzene rings is 1. The van der Waals surface area contributed by atoms with Gasteiger partial charge in [0, 0.05) is 50.3 Å². The molecule has 1 aromatic carbocycles. The third-order valence-corrected chi connectivity index (χ3v) is 5.55. The van der Waals surface area contributed by atoms with Crippen LogP contribution in [0.2, 0.25) is 0 Å². The molecule has 24 heavy (non-hydrogen) atoms. The normalized spacial score (nSPS) is 27.3. The van der Waals surface area contributed by atoms with Gasteiger partial charge in [0.1, 0.15) is 6.10 Å². The fourth-order valence-corrected chi connectivity index (χ4v) is 4.34. The molecule has 0 bridgehead atoms. The minimum atomic E-state index is -0.270. The zero-order valence-electron chi connectivity index (χ0n) is 14.4. The molecule has 1 N–H and O–H groups in total. The molecule has 0 unspecified atom stereocenters. The Kier molecular flexibility index (Phi) is 4.06. The summed E-state index contributed by atoms with van der Waals surface area (Å²) < 4.78 is 8.27. The lowest BCUT2D eigenvalue weighted by atomic mass is 9.98. The number of hydrogen-bond acceptors (Lipinski definition) is 3. The van der Waals surface area contributed by atoms with Gasteiger partial charge in [-0.3, -0.25) is 9.69 Å². The first-order valence-electron chi connectivity index (χ1n) is 8.81. The molecule has 0 aliphatic carbocycles. The van der Waals surface area contributed by atoms with Gasteiger partial charge in [-0.05, 0) is 30.9 Å². The Balaban J connectivity index is 1.50. The van der Waals surface area contributed by atoms with Crippen molar-refractivity contribution in [1.82, 2.24) is 14.8 Å². The van der Waals surface area contributed by atoms with Gasteiger partial charge in [-0.2, -0.15) is 0 Å². The van der Waals surface area contributed by atoms with Crippen LogP contribution >= 0.6 is 0 Å². The van der Waals surface area contributed by atoms with Gasteiger partial charge < -0.3 is 14.6 Å². The standard InChI is InChI=1S/C19H25N3O2/c1-20-19(23)18-8-7-16-17(24-18)9-10-22(16)12-13-11-21(2)15-6-4-3-5-14(13)15/h3-6,11,16-18H,7-10,12H2,1-2H3,(H,20,23)/t16-,17-,18+/m0/s1. The minimum absolute atomic E-state index is 0.0148. The number of nitrogens with zero attached hydrogens (tertiary/aromatic N) is 2. The Labute approximate surface area is 142 Å². The zero-order chi connectivity index (χ0) is 16.7. The maximum Gasteiger partial charge on any atom is 0.248 e. The molecule has 3 heterocycles. The average Bonchev–Trinajstić information content (AvgIpc) is 3.16. The molecule has 2 fully saturated rings. The molecular weight excluding hydrogens is 302 g/mol. The van der Waals surface area contributed by atoms with Crippen LogP contribution in [0, 0.1) is 0 Å². The third-order valence-electron chi connectivity index (χ3n) is 5.55. The summed E-state index contributed by atoms with van der Waals surface area (Å²) >= 11 is 0. The lowest BCUT2D eigenvalue weighted by Crippen LogP contribution is -2.47. The second-order valence-electron chi connectivity index (χ2n) is 6.96. The van der Waals surface area contributed by atoms with Crippen LogP contribution < -0.4 is 5.32 Å². The van der Waals surface area contributed by atoms with Crippen molar-refractivity contribution in [3.8, 4) is 0 Å². The molecule has 2 aliphatic heterocycles. The van der Waals surface area contributed by atoms with Crippen LogP contribution in [0.1, 0.15) is 24.8 Å². The number of rotatable bonds is 3. The molecule has 0 spiro atoms. The molecule has 2 aromatic rings. The van der Waals surface area contributed by atoms with Crippen molar-refractivity contribution in [3.05, 3.63) is 36.0 Å². The van der Waals surface area contributed by atoms with E-state index < -0.39 is 0 Å². The maximum absolute atomic E-state index is 11.8. The number of nitrogens with one attached hydrogen (secondary N) is 1. The molecule has 0 radical (unpaired) electrons. The number of aromatic nitrogens is 1. The molecular formula is C19H25N3O2. The van der Waals surface area contributed by atoms with Gasteiger partial charge in [0.25, 0.3) is 0 Å². The lowest BCUT2D eigenvalue weighted by Gasteiger charge is -2.35. The molecule has 128 valence electrons. The molecule has 2 saturated heterocycles. The van der Waals surface area contributed by atoms with Crippen molar-refractivity contribution >= 4 is 16.8 Å². The van der Waals surface area contributed by atoms with Gasteiger partial charge in [0.05, 0.1) is 6.10 Å². The van der Waals surface area contributed by atoms with E-state index in [0.29, 0.717) is 6.04 Å². The van der Waals surface area contributed by atoms with Crippen LogP contribution in [0.15, 0.2) is 30.5 Å². The van der Waals surface area contributed by atoms with Crippen molar-refractivity contribution in [2.75, 3.05) is 13.6 Å². The minimum Gasteiger partial charge on any atom is -0.363 e. The van der Waals surface area contributed by atoms with E-state index in [0.717, 1.165) is 32.4 Å². The molecule has 2 aliphatic rings. The molecule has 0 saturated carbocycles. The number of carbonyl (C=O) groups excluding carboxylic acids is 1. The van der Waals surface area contributed by atoms with Crippen LogP contribution in [0.25, 0.3) is 10.9 Å². The first-order valence-corrected chi connectivity index (χ1v) is 8.81. The van der Waals surface area contributed by atoms with Gasteiger partial charge in [0.15, 0.2) is 0 Å². The van der Waals surface area contributed by atoms with Crippen molar-refractivity contribution in [1.29, 1.82) is 0 Å². The number of amides is 1. The van der Waals surface area contributed by atoms with Crippen LogP contribution in [-0.2, 0) is 23.1 Å². The third kappa shape index (κ3) is 2.62. The Morgan fingerprint density at radius 1 is 1.29 bits per heavy atom. The number of fused-ring (bicyclic) bond motifs is 2. The Morgan fingerprint density at radius 3 is 2.96 bits per heavy atom. The van der Waals surface area contributed by atoms with Gasteiger partial charge in [0.2, 0.25) is 5.91 Å². The average molecular weight is 327 g/mol. The fourth-order valence-electron chi connectivity index (χ4n) is 4.34.